The summed E-state index contributed by atoms with van der Waals surface area (Å²) >= 11 is 0. The average molecular weight is 340 g/mol. The van der Waals surface area contributed by atoms with Gasteiger partial charge in [0.15, 0.2) is 0 Å². The Balaban J connectivity index is 1.62. The molecule has 1 aliphatic carbocycles. The molecule has 4 rings (SSSR count). The molecule has 2 unspecified atom stereocenters. The molecule has 0 spiro atoms. The summed E-state index contributed by atoms with van der Waals surface area (Å²) in [6.45, 7) is 0.0985. The van der Waals surface area contributed by atoms with E-state index >= 15 is 0 Å². The van der Waals surface area contributed by atoms with Gasteiger partial charge in [0.2, 0.25) is 11.8 Å². The van der Waals surface area contributed by atoms with Gasteiger partial charge in [-0.2, -0.15) is 5.10 Å². The van der Waals surface area contributed by atoms with E-state index in [-0.39, 0.29) is 42.4 Å². The third-order valence-corrected chi connectivity index (χ3v) is 5.20. The van der Waals surface area contributed by atoms with Crippen molar-refractivity contribution in [3.8, 4) is 0 Å². The highest BCUT2D eigenvalue weighted by Crippen LogP contribution is 2.26. The molecular formula is C18H20N4O3. The minimum atomic E-state index is -0.267. The van der Waals surface area contributed by atoms with E-state index in [4.69, 9.17) is 0 Å². The number of carbonyl (C=O) groups is 2. The molecular weight excluding hydrogens is 320 g/mol. The summed E-state index contributed by atoms with van der Waals surface area (Å²) in [6, 6.07) is 7.24. The van der Waals surface area contributed by atoms with Gasteiger partial charge in [0.05, 0.1) is 30.1 Å². The largest absolute Gasteiger partial charge is 0.350 e. The van der Waals surface area contributed by atoms with Crippen LogP contribution in [0.15, 0.2) is 29.1 Å². The van der Waals surface area contributed by atoms with Crippen molar-refractivity contribution in [3.05, 3.63) is 40.3 Å². The van der Waals surface area contributed by atoms with Gasteiger partial charge in [-0.3, -0.25) is 14.4 Å². The normalized spacial score (nSPS) is 23.2. The summed E-state index contributed by atoms with van der Waals surface area (Å²) in [5.74, 6) is -0.216. The first-order valence-corrected chi connectivity index (χ1v) is 8.68. The minimum Gasteiger partial charge on any atom is -0.350 e. The fourth-order valence-corrected chi connectivity index (χ4v) is 4.00. The number of hydrogen-bond donors (Lipinski definition) is 2. The smallest absolute Gasteiger partial charge is 0.272 e. The molecule has 2 aliphatic rings. The van der Waals surface area contributed by atoms with Gasteiger partial charge in [-0.05, 0) is 18.9 Å². The molecule has 7 nitrogen and oxygen atoms in total. The third kappa shape index (κ3) is 2.90. The van der Waals surface area contributed by atoms with Gasteiger partial charge in [-0.25, -0.2) is 5.10 Å². The number of aromatic nitrogens is 2. The lowest BCUT2D eigenvalue weighted by molar-refractivity contribution is -0.143. The first kappa shape index (κ1) is 15.8. The van der Waals surface area contributed by atoms with Gasteiger partial charge in [0, 0.05) is 11.4 Å². The topological polar surface area (TPSA) is 95.2 Å². The molecule has 2 aromatic rings. The van der Waals surface area contributed by atoms with Crippen molar-refractivity contribution >= 4 is 22.6 Å². The predicted molar refractivity (Wildman–Crippen MR) is 92.0 cm³/mol. The van der Waals surface area contributed by atoms with Gasteiger partial charge < -0.3 is 10.2 Å². The molecule has 1 aromatic heterocycles. The Morgan fingerprint density at radius 2 is 1.92 bits per heavy atom. The molecule has 2 fully saturated rings. The number of carbonyl (C=O) groups excluding carboxylic acids is 2. The molecule has 0 bridgehead atoms. The Morgan fingerprint density at radius 1 is 1.16 bits per heavy atom. The van der Waals surface area contributed by atoms with Gasteiger partial charge in [-0.1, -0.05) is 31.0 Å². The molecule has 25 heavy (non-hydrogen) atoms. The number of amides is 2. The van der Waals surface area contributed by atoms with E-state index in [2.05, 4.69) is 15.5 Å². The molecule has 2 atom stereocenters. The number of benzene rings is 1. The van der Waals surface area contributed by atoms with Gasteiger partial charge in [-0.15, -0.1) is 0 Å². The van der Waals surface area contributed by atoms with E-state index in [0.717, 1.165) is 25.7 Å². The number of aromatic amines is 1. The van der Waals surface area contributed by atoms with Crippen LogP contribution < -0.4 is 10.9 Å². The highest BCUT2D eigenvalue weighted by Gasteiger charge is 2.38. The molecule has 1 aliphatic heterocycles. The highest BCUT2D eigenvalue weighted by molar-refractivity contribution is 5.91. The van der Waals surface area contributed by atoms with Crippen LogP contribution in [0, 0.1) is 0 Å². The van der Waals surface area contributed by atoms with Crippen molar-refractivity contribution in [3.63, 3.8) is 0 Å². The standard InChI is InChI=1S/C18H20N4O3/c23-16-10-22(15-8-4-3-7-13(15)19-16)17(24)9-14-11-5-1-2-6-12(11)18(25)21-20-14/h1-2,5-6,13,15H,3-4,7-10H2,(H,19,23)(H,21,25). The van der Waals surface area contributed by atoms with Crippen molar-refractivity contribution in [1.82, 2.24) is 20.4 Å². The fourth-order valence-electron chi connectivity index (χ4n) is 4.00. The molecule has 2 amide bonds. The maximum Gasteiger partial charge on any atom is 0.272 e. The first-order chi connectivity index (χ1) is 12.1. The minimum absolute atomic E-state index is 0.0548. The van der Waals surface area contributed by atoms with E-state index in [1.807, 2.05) is 6.07 Å². The summed E-state index contributed by atoms with van der Waals surface area (Å²) in [5, 5.41) is 10.7. The lowest BCUT2D eigenvalue weighted by Crippen LogP contribution is -2.63. The van der Waals surface area contributed by atoms with Crippen LogP contribution in [0.3, 0.4) is 0 Å². The zero-order valence-electron chi connectivity index (χ0n) is 13.8. The second-order valence-corrected chi connectivity index (χ2v) is 6.77. The van der Waals surface area contributed by atoms with Gasteiger partial charge in [0.1, 0.15) is 0 Å². The van der Waals surface area contributed by atoms with Crippen molar-refractivity contribution in [2.75, 3.05) is 6.54 Å². The monoisotopic (exact) mass is 340 g/mol. The van der Waals surface area contributed by atoms with Crippen LogP contribution in [0.25, 0.3) is 10.8 Å². The summed E-state index contributed by atoms with van der Waals surface area (Å²) in [6.07, 6.45) is 4.06. The number of hydrogen-bond acceptors (Lipinski definition) is 4. The zero-order valence-corrected chi connectivity index (χ0v) is 13.8. The Labute approximate surface area is 144 Å². The Bertz CT molecular complexity index is 891. The number of nitrogens with zero attached hydrogens (tertiary/aromatic N) is 2. The summed E-state index contributed by atoms with van der Waals surface area (Å²) in [4.78, 5) is 38.5. The molecule has 2 heterocycles. The SMILES string of the molecule is O=C1CN(C(=O)Cc2n[nH]c(=O)c3ccccc23)C2CCCCC2N1. The van der Waals surface area contributed by atoms with Crippen LogP contribution in [0.1, 0.15) is 31.4 Å². The lowest BCUT2D eigenvalue weighted by atomic mass is 9.87. The fraction of sp³-hybridized carbons (Fsp3) is 0.444. The maximum atomic E-state index is 12.9. The third-order valence-electron chi connectivity index (χ3n) is 5.20. The number of rotatable bonds is 2. The van der Waals surface area contributed by atoms with Crippen LogP contribution >= 0.6 is 0 Å². The Kier molecular flexibility index (Phi) is 3.99. The van der Waals surface area contributed by atoms with E-state index in [1.165, 1.54) is 0 Å². The van der Waals surface area contributed by atoms with Gasteiger partial charge >= 0.3 is 0 Å². The molecule has 1 saturated carbocycles. The second kappa shape index (κ2) is 6.31. The van der Waals surface area contributed by atoms with Crippen LogP contribution in [-0.2, 0) is 16.0 Å². The van der Waals surface area contributed by atoms with Crippen LogP contribution in [0.4, 0.5) is 0 Å². The Morgan fingerprint density at radius 3 is 2.76 bits per heavy atom. The Hall–Kier alpha value is -2.70. The summed E-state index contributed by atoms with van der Waals surface area (Å²) < 4.78 is 0. The van der Waals surface area contributed by atoms with E-state index < -0.39 is 0 Å². The summed E-state index contributed by atoms with van der Waals surface area (Å²) in [5.41, 5.74) is 0.273. The summed E-state index contributed by atoms with van der Waals surface area (Å²) in [7, 11) is 0. The van der Waals surface area contributed by atoms with Crippen molar-refractivity contribution in [2.45, 2.75) is 44.2 Å². The number of fused-ring (bicyclic) bond motifs is 2. The molecule has 2 N–H and O–H groups in total. The van der Waals surface area contributed by atoms with E-state index in [9.17, 15) is 14.4 Å². The number of nitrogens with one attached hydrogen (secondary N) is 2. The van der Waals surface area contributed by atoms with Crippen LogP contribution in [0.2, 0.25) is 0 Å². The molecule has 0 radical (unpaired) electrons. The van der Waals surface area contributed by atoms with E-state index in [0.29, 0.717) is 16.5 Å². The van der Waals surface area contributed by atoms with Crippen LogP contribution in [-0.4, -0.2) is 45.5 Å². The maximum absolute atomic E-state index is 12.9. The second-order valence-electron chi connectivity index (χ2n) is 6.77. The van der Waals surface area contributed by atoms with Crippen molar-refractivity contribution in [1.29, 1.82) is 0 Å². The van der Waals surface area contributed by atoms with Crippen molar-refractivity contribution < 1.29 is 9.59 Å². The first-order valence-electron chi connectivity index (χ1n) is 8.68. The van der Waals surface area contributed by atoms with E-state index in [1.54, 1.807) is 23.1 Å². The number of piperazine rings is 1. The number of H-pyrrole nitrogens is 1. The van der Waals surface area contributed by atoms with Crippen molar-refractivity contribution in [2.24, 2.45) is 0 Å². The zero-order chi connectivity index (χ0) is 17.4. The molecule has 130 valence electrons. The predicted octanol–water partition coefficient (Wildman–Crippen LogP) is 0.735. The molecule has 1 aromatic carbocycles. The highest BCUT2D eigenvalue weighted by atomic mass is 16.2. The quantitative estimate of drug-likeness (QED) is 0.843. The van der Waals surface area contributed by atoms with Gasteiger partial charge in [0.25, 0.3) is 5.56 Å². The average Bonchev–Trinajstić information content (AvgIpc) is 2.63. The van der Waals surface area contributed by atoms with Crippen LogP contribution in [0.5, 0.6) is 0 Å². The molecule has 7 heteroatoms. The lowest BCUT2D eigenvalue weighted by Gasteiger charge is -2.44. The molecule has 1 saturated heterocycles.